The number of urea groups is 1. The normalized spacial score (nSPS) is 26.3. The van der Waals surface area contributed by atoms with Crippen molar-refractivity contribution in [3.8, 4) is 0 Å². The maximum absolute atomic E-state index is 12.4. The van der Waals surface area contributed by atoms with E-state index in [1.54, 1.807) is 18.5 Å². The van der Waals surface area contributed by atoms with E-state index >= 15 is 0 Å². The van der Waals surface area contributed by atoms with Gasteiger partial charge in [0, 0.05) is 50.5 Å². The molecule has 0 bridgehead atoms. The summed E-state index contributed by atoms with van der Waals surface area (Å²) < 4.78 is 10.9. The number of nitrogens with one attached hydrogen (secondary N) is 2. The van der Waals surface area contributed by atoms with E-state index in [0.29, 0.717) is 35.6 Å². The first kappa shape index (κ1) is 18.4. The molecule has 2 N–H and O–H groups in total. The topological polar surface area (TPSA) is 96.7 Å². The summed E-state index contributed by atoms with van der Waals surface area (Å²) in [5, 5.41) is 6.97. The molecule has 154 valence electrons. The first-order valence-corrected chi connectivity index (χ1v) is 10.4. The largest absolute Gasteiger partial charge is 0.449 e. The Morgan fingerprint density at radius 3 is 2.76 bits per heavy atom. The number of ether oxygens (including phenoxy) is 1. The maximum Gasteiger partial charge on any atom is 0.317 e. The molecule has 5 rings (SSSR count). The van der Waals surface area contributed by atoms with Crippen LogP contribution in [0.1, 0.15) is 29.8 Å². The van der Waals surface area contributed by atoms with Gasteiger partial charge in [-0.05, 0) is 49.1 Å². The van der Waals surface area contributed by atoms with Crippen LogP contribution in [0.3, 0.4) is 0 Å². The van der Waals surface area contributed by atoms with E-state index in [1.165, 1.54) is 0 Å². The average Bonchev–Trinajstić information content (AvgIpc) is 3.11. The van der Waals surface area contributed by atoms with Crippen LogP contribution in [0, 0.1) is 17.8 Å². The highest BCUT2D eigenvalue weighted by molar-refractivity contribution is 5.95. The minimum Gasteiger partial charge on any atom is -0.449 e. The Hall–Kier alpha value is -2.61. The van der Waals surface area contributed by atoms with Gasteiger partial charge in [-0.25, -0.2) is 4.79 Å². The molecule has 2 aromatic heterocycles. The zero-order chi connectivity index (χ0) is 19.8. The van der Waals surface area contributed by atoms with Crippen LogP contribution < -0.4 is 10.6 Å². The van der Waals surface area contributed by atoms with E-state index in [1.807, 2.05) is 11.0 Å². The van der Waals surface area contributed by atoms with Crippen LogP contribution in [0.2, 0.25) is 0 Å². The Labute approximate surface area is 169 Å². The fourth-order valence-electron chi connectivity index (χ4n) is 4.79. The summed E-state index contributed by atoms with van der Waals surface area (Å²) in [7, 11) is 0. The predicted octanol–water partition coefficient (Wildman–Crippen LogP) is 2.01. The third kappa shape index (κ3) is 3.81. The smallest absolute Gasteiger partial charge is 0.317 e. The van der Waals surface area contributed by atoms with Gasteiger partial charge in [0.05, 0.1) is 6.20 Å². The van der Waals surface area contributed by atoms with Crippen molar-refractivity contribution in [3.05, 3.63) is 30.3 Å². The Bertz CT molecular complexity index is 862. The Morgan fingerprint density at radius 1 is 1.21 bits per heavy atom. The van der Waals surface area contributed by atoms with Crippen molar-refractivity contribution in [1.82, 2.24) is 20.5 Å². The molecule has 2 unspecified atom stereocenters. The number of hydrogen-bond donors (Lipinski definition) is 2. The monoisotopic (exact) mass is 398 g/mol. The van der Waals surface area contributed by atoms with Crippen molar-refractivity contribution in [1.29, 1.82) is 0 Å². The summed E-state index contributed by atoms with van der Waals surface area (Å²) in [5.74, 6) is 1.88. The van der Waals surface area contributed by atoms with Crippen LogP contribution in [0.25, 0.3) is 11.0 Å². The molecule has 2 aromatic rings. The third-order valence-corrected chi connectivity index (χ3v) is 6.52. The molecular formula is C21H26N4O4. The highest BCUT2D eigenvalue weighted by atomic mass is 16.5. The lowest BCUT2D eigenvalue weighted by atomic mass is 10.1. The molecule has 8 nitrogen and oxygen atoms in total. The summed E-state index contributed by atoms with van der Waals surface area (Å²) in [6, 6.07) is 3.88. The molecule has 3 atom stereocenters. The van der Waals surface area contributed by atoms with Gasteiger partial charge in [0.25, 0.3) is 5.91 Å². The first-order chi connectivity index (χ1) is 14.2. The maximum atomic E-state index is 12.4. The lowest BCUT2D eigenvalue weighted by Crippen LogP contribution is -2.46. The van der Waals surface area contributed by atoms with Gasteiger partial charge in [0.2, 0.25) is 0 Å². The first-order valence-electron chi connectivity index (χ1n) is 10.4. The highest BCUT2D eigenvalue weighted by Crippen LogP contribution is 2.53. The minimum atomic E-state index is -0.190. The molecule has 3 amide bonds. The molecular weight excluding hydrogens is 372 g/mol. The van der Waals surface area contributed by atoms with Gasteiger partial charge in [-0.1, -0.05) is 0 Å². The van der Waals surface area contributed by atoms with E-state index < -0.39 is 0 Å². The summed E-state index contributed by atoms with van der Waals surface area (Å²) in [6.45, 7) is 3.74. The lowest BCUT2D eigenvalue weighted by Gasteiger charge is -2.27. The number of carbonyl (C=O) groups excluding carboxylic acids is 2. The molecule has 1 aliphatic carbocycles. The number of fused-ring (bicyclic) bond motifs is 2. The second-order valence-electron chi connectivity index (χ2n) is 8.30. The van der Waals surface area contributed by atoms with Gasteiger partial charge in [-0.3, -0.25) is 9.78 Å². The number of carbonyl (C=O) groups is 2. The Balaban J connectivity index is 1.04. The molecule has 0 aromatic carbocycles. The molecule has 3 fully saturated rings. The number of likely N-dealkylation sites (tertiary alicyclic amines) is 1. The zero-order valence-corrected chi connectivity index (χ0v) is 16.3. The van der Waals surface area contributed by atoms with E-state index in [4.69, 9.17) is 9.15 Å². The number of rotatable bonds is 5. The molecule has 4 heterocycles. The zero-order valence-electron chi connectivity index (χ0n) is 16.3. The molecule has 2 aliphatic heterocycles. The quantitative estimate of drug-likeness (QED) is 0.803. The number of piperidine rings is 1. The molecule has 29 heavy (non-hydrogen) atoms. The van der Waals surface area contributed by atoms with Gasteiger partial charge >= 0.3 is 6.03 Å². The van der Waals surface area contributed by atoms with Crippen molar-refractivity contribution in [2.24, 2.45) is 17.8 Å². The van der Waals surface area contributed by atoms with Gasteiger partial charge in [-0.15, -0.1) is 0 Å². The molecule has 2 saturated heterocycles. The van der Waals surface area contributed by atoms with Crippen LogP contribution in [0.4, 0.5) is 4.79 Å². The SMILES string of the molecule is O=C(NCCC1C2CN(C(=O)NC3CCOCC3)C[C@H]12)c1cc2ccncc2o1. The molecule has 0 spiro atoms. The van der Waals surface area contributed by atoms with Gasteiger partial charge in [0.15, 0.2) is 11.3 Å². The van der Waals surface area contributed by atoms with Crippen molar-refractivity contribution < 1.29 is 18.7 Å². The number of hydrogen-bond acceptors (Lipinski definition) is 5. The van der Waals surface area contributed by atoms with Gasteiger partial charge in [0.1, 0.15) is 0 Å². The minimum absolute atomic E-state index is 0.0653. The number of nitrogens with zero attached hydrogens (tertiary/aromatic N) is 2. The average molecular weight is 398 g/mol. The van der Waals surface area contributed by atoms with Crippen LogP contribution in [0.15, 0.2) is 28.9 Å². The van der Waals surface area contributed by atoms with Crippen molar-refractivity contribution >= 4 is 22.9 Å². The molecule has 8 heteroatoms. The molecule has 3 aliphatic rings. The summed E-state index contributed by atoms with van der Waals surface area (Å²) in [6.07, 6.45) is 6.03. The lowest BCUT2D eigenvalue weighted by molar-refractivity contribution is 0.0782. The van der Waals surface area contributed by atoms with Gasteiger partial charge in [-0.2, -0.15) is 0 Å². The third-order valence-electron chi connectivity index (χ3n) is 6.52. The summed E-state index contributed by atoms with van der Waals surface area (Å²) in [4.78, 5) is 30.7. The Kier molecular flexibility index (Phi) is 4.87. The van der Waals surface area contributed by atoms with E-state index in [9.17, 15) is 9.59 Å². The van der Waals surface area contributed by atoms with Crippen molar-refractivity contribution in [2.75, 3.05) is 32.8 Å². The fraction of sp³-hybridized carbons (Fsp3) is 0.571. The molecule has 1 saturated carbocycles. The summed E-state index contributed by atoms with van der Waals surface area (Å²) in [5.41, 5.74) is 0.619. The van der Waals surface area contributed by atoms with Crippen molar-refractivity contribution in [3.63, 3.8) is 0 Å². The number of pyridine rings is 1. The number of amides is 3. The van der Waals surface area contributed by atoms with Crippen LogP contribution in [0.5, 0.6) is 0 Å². The number of furan rings is 1. The Morgan fingerprint density at radius 2 is 2.00 bits per heavy atom. The fourth-order valence-corrected chi connectivity index (χ4v) is 4.79. The molecule has 0 radical (unpaired) electrons. The standard InChI is InChI=1S/C21H26N4O4/c26-20(18-9-13-1-5-22-10-19(13)29-18)23-6-2-15-16-11-25(12-17(15)16)21(27)24-14-3-7-28-8-4-14/h1,5,9-10,14-17H,2-4,6-8,11-12H2,(H,23,26)(H,24,27)/t15?,16-,17?/m1/s1. The van der Waals surface area contributed by atoms with Crippen LogP contribution in [-0.2, 0) is 4.74 Å². The second kappa shape index (κ2) is 7.67. The van der Waals surface area contributed by atoms with Crippen molar-refractivity contribution in [2.45, 2.75) is 25.3 Å². The van der Waals surface area contributed by atoms with Crippen LogP contribution in [-0.4, -0.2) is 60.7 Å². The summed E-state index contributed by atoms with van der Waals surface area (Å²) >= 11 is 0. The van der Waals surface area contributed by atoms with Crippen LogP contribution >= 0.6 is 0 Å². The predicted molar refractivity (Wildman–Crippen MR) is 105 cm³/mol. The highest BCUT2D eigenvalue weighted by Gasteiger charge is 2.55. The second-order valence-corrected chi connectivity index (χ2v) is 8.30. The number of aromatic nitrogens is 1. The van der Waals surface area contributed by atoms with E-state index in [0.717, 1.165) is 51.0 Å². The van der Waals surface area contributed by atoms with E-state index in [2.05, 4.69) is 15.6 Å². The van der Waals surface area contributed by atoms with Gasteiger partial charge < -0.3 is 24.7 Å². The van der Waals surface area contributed by atoms with E-state index in [-0.39, 0.29) is 18.0 Å².